The molecule has 10 heteroatoms. The van der Waals surface area contributed by atoms with E-state index in [0.29, 0.717) is 0 Å². The van der Waals surface area contributed by atoms with E-state index < -0.39 is 20.4 Å². The highest BCUT2D eigenvalue weighted by Gasteiger charge is 2.47. The summed E-state index contributed by atoms with van der Waals surface area (Å²) < 4.78 is 56.3. The van der Waals surface area contributed by atoms with Gasteiger partial charge in [-0.05, 0) is 12.3 Å². The van der Waals surface area contributed by atoms with Crippen molar-refractivity contribution in [3.05, 3.63) is 12.3 Å². The van der Waals surface area contributed by atoms with Crippen LogP contribution in [0.3, 0.4) is 0 Å². The van der Waals surface area contributed by atoms with Crippen molar-refractivity contribution in [3.63, 3.8) is 0 Å². The Balaban J connectivity index is 0.000000437. The lowest BCUT2D eigenvalue weighted by Gasteiger charge is -2.04. The topological polar surface area (TPSA) is 88.8 Å². The summed E-state index contributed by atoms with van der Waals surface area (Å²) in [5, 5.41) is 3.87. The first-order chi connectivity index (χ1) is 7.77. The van der Waals surface area contributed by atoms with Gasteiger partial charge in [0.05, 0.1) is 6.20 Å². The van der Waals surface area contributed by atoms with Crippen molar-refractivity contribution in [2.75, 3.05) is 18.6 Å². The zero-order valence-electron chi connectivity index (χ0n) is 8.86. The van der Waals surface area contributed by atoms with E-state index in [9.17, 15) is 21.6 Å². The van der Waals surface area contributed by atoms with E-state index in [2.05, 4.69) is 5.10 Å². The molecule has 1 rings (SSSR count). The highest BCUT2D eigenvalue weighted by atomic mass is 32.2. The summed E-state index contributed by atoms with van der Waals surface area (Å²) in [5.74, 6) is 1.08. The van der Waals surface area contributed by atoms with Gasteiger partial charge in [-0.15, -0.1) is 0 Å². The monoisotopic (exact) mass is 291 g/mol. The number of alkyl halides is 3. The van der Waals surface area contributed by atoms with Gasteiger partial charge in [0.2, 0.25) is 0 Å². The van der Waals surface area contributed by atoms with Gasteiger partial charge in [0, 0.05) is 12.3 Å². The fourth-order valence-corrected chi connectivity index (χ4v) is 1.53. The summed E-state index contributed by atoms with van der Waals surface area (Å²) >= 11 is 1.78. The fraction of sp³-hybridized carbons (Fsp3) is 0.571. The van der Waals surface area contributed by atoms with Crippen molar-refractivity contribution < 1.29 is 21.6 Å². The van der Waals surface area contributed by atoms with Crippen LogP contribution < -0.4 is 5.73 Å². The Kier molecular flexibility index (Phi) is 6.57. The molecule has 17 heavy (non-hydrogen) atoms. The molecule has 0 bridgehead atoms. The van der Waals surface area contributed by atoms with Crippen LogP contribution in [-0.4, -0.2) is 42.7 Å². The second kappa shape index (κ2) is 6.87. The van der Waals surface area contributed by atoms with Crippen LogP contribution in [0.5, 0.6) is 0 Å². The highest BCUT2D eigenvalue weighted by Crippen LogP contribution is 2.28. The second-order valence-corrected chi connectivity index (χ2v) is 5.55. The van der Waals surface area contributed by atoms with Gasteiger partial charge in [0.1, 0.15) is 0 Å². The molecule has 3 N–H and O–H groups in total. The number of nitrogens with one attached hydrogen (secondary N) is 1. The molecule has 0 aliphatic heterocycles. The maximum absolute atomic E-state index is 11.8. The third-order valence-corrected chi connectivity index (χ3v) is 3.45. The molecular formula is C7H12F3N3O2S2. The second-order valence-electron chi connectivity index (χ2n) is 2.65. The Morgan fingerprint density at radius 3 is 2.35 bits per heavy atom. The largest absolute Gasteiger partial charge is 0.503 e. The van der Waals surface area contributed by atoms with Crippen LogP contribution in [0.2, 0.25) is 0 Å². The molecule has 1 heterocycles. The smallest absolute Gasteiger partial charge is 0.330 e. The normalized spacial score (nSPS) is 11.8. The van der Waals surface area contributed by atoms with E-state index in [-0.39, 0.29) is 0 Å². The van der Waals surface area contributed by atoms with Crippen molar-refractivity contribution in [2.24, 2.45) is 5.73 Å². The van der Waals surface area contributed by atoms with Crippen molar-refractivity contribution in [1.82, 2.24) is 10.2 Å². The third-order valence-electron chi connectivity index (χ3n) is 1.39. The predicted molar refractivity (Wildman–Crippen MR) is 59.3 cm³/mol. The Morgan fingerprint density at radius 1 is 1.53 bits per heavy atom. The van der Waals surface area contributed by atoms with E-state index in [1.165, 1.54) is 0 Å². The Morgan fingerprint density at radius 2 is 2.12 bits per heavy atom. The van der Waals surface area contributed by atoms with Crippen LogP contribution in [0.15, 0.2) is 17.3 Å². The zero-order valence-corrected chi connectivity index (χ0v) is 10.5. The number of aromatic amines is 1. The number of rotatable bonds is 3. The molecule has 1 aromatic heterocycles. The van der Waals surface area contributed by atoms with Crippen molar-refractivity contribution in [2.45, 2.75) is 10.5 Å². The first-order valence-electron chi connectivity index (χ1n) is 4.27. The van der Waals surface area contributed by atoms with Gasteiger partial charge >= 0.3 is 5.51 Å². The molecule has 0 atom stereocenters. The van der Waals surface area contributed by atoms with Crippen LogP contribution in [0, 0.1) is 0 Å². The van der Waals surface area contributed by atoms with Crippen molar-refractivity contribution in [3.8, 4) is 0 Å². The summed E-state index contributed by atoms with van der Waals surface area (Å²) in [7, 11) is -5.25. The van der Waals surface area contributed by atoms with Gasteiger partial charge in [-0.3, -0.25) is 5.10 Å². The molecule has 0 aliphatic carbocycles. The van der Waals surface area contributed by atoms with E-state index in [4.69, 9.17) is 5.73 Å². The SMILES string of the molecule is CSCCN.O=S(=O)(c1ccn[nH]1)C(F)(F)F. The number of hydrogen-bond donors (Lipinski definition) is 2. The summed E-state index contributed by atoms with van der Waals surface area (Å²) in [6, 6.07) is 0.739. The van der Waals surface area contributed by atoms with Crippen molar-refractivity contribution in [1.29, 1.82) is 0 Å². The first-order valence-corrected chi connectivity index (χ1v) is 7.14. The molecule has 0 spiro atoms. The minimum atomic E-state index is -5.28. The van der Waals surface area contributed by atoms with Crippen LogP contribution in [0.4, 0.5) is 13.2 Å². The van der Waals surface area contributed by atoms with Crippen LogP contribution in [0.25, 0.3) is 0 Å². The number of nitrogens with two attached hydrogens (primary N) is 1. The van der Waals surface area contributed by atoms with Gasteiger partial charge in [-0.2, -0.15) is 30.0 Å². The maximum atomic E-state index is 11.8. The molecule has 0 aliphatic rings. The lowest BCUT2D eigenvalue weighted by Crippen LogP contribution is -2.23. The molecule has 0 saturated heterocycles. The molecular weight excluding hydrogens is 279 g/mol. The minimum Gasteiger partial charge on any atom is -0.330 e. The van der Waals surface area contributed by atoms with Gasteiger partial charge in [0.25, 0.3) is 9.84 Å². The average molecular weight is 291 g/mol. The molecule has 0 amide bonds. The number of thioether (sulfide) groups is 1. The maximum Gasteiger partial charge on any atom is 0.503 e. The predicted octanol–water partition coefficient (Wildman–Crippen LogP) is 1.01. The summed E-state index contributed by atoms with van der Waals surface area (Å²) in [6.45, 7) is 0.807. The molecule has 1 aromatic rings. The quantitative estimate of drug-likeness (QED) is 0.867. The number of aromatic nitrogens is 2. The Hall–Kier alpha value is -0.740. The Bertz CT molecular complexity index is 400. The lowest BCUT2D eigenvalue weighted by atomic mass is 10.8. The molecule has 0 radical (unpaired) electrons. The Labute approximate surface area is 101 Å². The molecule has 0 unspecified atom stereocenters. The summed E-state index contributed by atoms with van der Waals surface area (Å²) in [5.41, 5.74) is -0.160. The first kappa shape index (κ1) is 16.3. The zero-order chi connectivity index (χ0) is 13.5. The minimum absolute atomic E-state index is 0.739. The average Bonchev–Trinajstić information content (AvgIpc) is 2.71. The summed E-state index contributed by atoms with van der Waals surface area (Å²) in [6.07, 6.45) is 2.98. The summed E-state index contributed by atoms with van der Waals surface area (Å²) in [4.78, 5) is 0. The van der Waals surface area contributed by atoms with Crippen LogP contribution in [0.1, 0.15) is 0 Å². The van der Waals surface area contributed by atoms with Gasteiger partial charge in [-0.25, -0.2) is 8.42 Å². The van der Waals surface area contributed by atoms with E-state index in [0.717, 1.165) is 24.6 Å². The number of nitrogens with zero attached hydrogens (tertiary/aromatic N) is 1. The fourth-order valence-electron chi connectivity index (χ4n) is 0.635. The van der Waals surface area contributed by atoms with Gasteiger partial charge in [0.15, 0.2) is 5.03 Å². The molecule has 0 fully saturated rings. The number of H-pyrrole nitrogens is 1. The van der Waals surface area contributed by atoms with Crippen molar-refractivity contribution >= 4 is 21.6 Å². The van der Waals surface area contributed by atoms with E-state index >= 15 is 0 Å². The molecule has 5 nitrogen and oxygen atoms in total. The molecule has 0 aromatic carbocycles. The molecule has 100 valence electrons. The van der Waals surface area contributed by atoms with E-state index in [1.54, 1.807) is 16.9 Å². The number of sulfone groups is 1. The highest BCUT2D eigenvalue weighted by molar-refractivity contribution is 7.98. The third kappa shape index (κ3) is 4.96. The molecule has 0 saturated carbocycles. The standard InChI is InChI=1S/C4H3F3N2O2S.C3H9NS/c5-4(6,7)12(10,11)3-1-2-8-9-3;1-5-3-2-4/h1-2H,(H,8,9);2-4H2,1H3. The number of halogens is 3. The van der Waals surface area contributed by atoms with E-state index in [1.807, 2.05) is 6.26 Å². The number of hydrogen-bond acceptors (Lipinski definition) is 5. The van der Waals surface area contributed by atoms with Gasteiger partial charge in [-0.1, -0.05) is 0 Å². The lowest BCUT2D eigenvalue weighted by molar-refractivity contribution is -0.0438. The van der Waals surface area contributed by atoms with Gasteiger partial charge < -0.3 is 5.73 Å². The van der Waals surface area contributed by atoms with Crippen LogP contribution >= 0.6 is 11.8 Å². The van der Waals surface area contributed by atoms with Crippen LogP contribution in [-0.2, 0) is 9.84 Å².